The minimum atomic E-state index is -0.539. The number of para-hydroxylation sites is 2. The molecule has 7 nitrogen and oxygen atoms in total. The Morgan fingerprint density at radius 3 is 2.86 bits per heavy atom. The Hall–Kier alpha value is -3.68. The molecule has 2 aromatic carbocycles. The lowest BCUT2D eigenvalue weighted by atomic mass is 9.99. The minimum absolute atomic E-state index is 0.0742. The van der Waals surface area contributed by atoms with E-state index in [1.807, 2.05) is 12.3 Å². The van der Waals surface area contributed by atoms with Crippen molar-refractivity contribution >= 4 is 28.1 Å². The maximum absolute atomic E-state index is 13.4. The molecule has 29 heavy (non-hydrogen) atoms. The smallest absolute Gasteiger partial charge is 0.310 e. The normalized spacial score (nSPS) is 14.0. The molecule has 4 rings (SSSR count). The molecule has 1 aliphatic rings. The molecule has 0 radical (unpaired) electrons. The van der Waals surface area contributed by atoms with Crippen LogP contribution in [0.5, 0.6) is 5.75 Å². The van der Waals surface area contributed by atoms with Gasteiger partial charge in [0.25, 0.3) is 5.91 Å². The molecule has 0 saturated heterocycles. The van der Waals surface area contributed by atoms with Gasteiger partial charge < -0.3 is 14.6 Å². The van der Waals surface area contributed by atoms with Crippen molar-refractivity contribution in [3.63, 3.8) is 0 Å². The average Bonchev–Trinajstić information content (AvgIpc) is 3.15. The Morgan fingerprint density at radius 1 is 1.28 bits per heavy atom. The summed E-state index contributed by atoms with van der Waals surface area (Å²) in [4.78, 5) is 27.7. The van der Waals surface area contributed by atoms with Gasteiger partial charge in [0.15, 0.2) is 12.4 Å². The number of halogens is 1. The summed E-state index contributed by atoms with van der Waals surface area (Å²) in [6.45, 7) is 0.668. The molecule has 0 aliphatic carbocycles. The molecular formula is C21H18FN3O4. The number of nitrogens with one attached hydrogen (secondary N) is 1. The quantitative estimate of drug-likeness (QED) is 0.524. The molecule has 0 bridgehead atoms. The number of nitro benzene ring substituents is 1. The van der Waals surface area contributed by atoms with Crippen LogP contribution in [0.3, 0.4) is 0 Å². The third kappa shape index (κ3) is 3.82. The van der Waals surface area contributed by atoms with Gasteiger partial charge in [-0.15, -0.1) is 0 Å². The number of hydrogen-bond acceptors (Lipinski definition) is 4. The number of carbonyl (C=O) groups excluding carboxylic acids is 1. The lowest BCUT2D eigenvalue weighted by Gasteiger charge is -2.26. The number of amides is 1. The molecule has 0 fully saturated rings. The van der Waals surface area contributed by atoms with E-state index in [0.717, 1.165) is 22.0 Å². The third-order valence-electron chi connectivity index (χ3n) is 4.96. The van der Waals surface area contributed by atoms with Gasteiger partial charge in [0, 0.05) is 41.8 Å². The molecule has 0 saturated carbocycles. The van der Waals surface area contributed by atoms with Gasteiger partial charge in [-0.05, 0) is 36.3 Å². The molecule has 148 valence electrons. The summed E-state index contributed by atoms with van der Waals surface area (Å²) >= 11 is 0. The first-order valence-electron chi connectivity index (χ1n) is 9.13. The van der Waals surface area contributed by atoms with Gasteiger partial charge in [-0.2, -0.15) is 0 Å². The van der Waals surface area contributed by atoms with Gasteiger partial charge in [-0.25, -0.2) is 4.39 Å². The lowest BCUT2D eigenvalue weighted by molar-refractivity contribution is -0.385. The van der Waals surface area contributed by atoms with E-state index < -0.39 is 4.92 Å². The van der Waals surface area contributed by atoms with Crippen LogP contribution in [0, 0.1) is 15.9 Å². The number of nitrogens with zero attached hydrogens (tertiary/aromatic N) is 2. The molecular weight excluding hydrogens is 377 g/mol. The zero-order valence-electron chi connectivity index (χ0n) is 15.4. The highest BCUT2D eigenvalue weighted by Gasteiger charge is 2.21. The summed E-state index contributed by atoms with van der Waals surface area (Å²) in [6, 6.07) is 10.6. The van der Waals surface area contributed by atoms with Gasteiger partial charge >= 0.3 is 5.69 Å². The average molecular weight is 395 g/mol. The highest BCUT2D eigenvalue weighted by molar-refractivity contribution is 5.93. The van der Waals surface area contributed by atoms with Gasteiger partial charge in [0.2, 0.25) is 0 Å². The van der Waals surface area contributed by atoms with E-state index in [0.29, 0.717) is 19.5 Å². The lowest BCUT2D eigenvalue weighted by Crippen LogP contribution is -2.37. The Labute approximate surface area is 165 Å². The fraction of sp³-hybridized carbons (Fsp3) is 0.190. The van der Waals surface area contributed by atoms with Crippen LogP contribution in [-0.2, 0) is 4.79 Å². The number of aromatic nitrogens is 1. The predicted octanol–water partition coefficient (Wildman–Crippen LogP) is 3.91. The molecule has 3 aromatic rings. The van der Waals surface area contributed by atoms with Crippen molar-refractivity contribution in [3.8, 4) is 5.75 Å². The standard InChI is InChI=1S/C21H18FN3O4/c22-15-5-6-16-17(12-23-18(16)11-15)14-7-9-24(10-8-14)21(26)13-29-20-4-2-1-3-19(20)25(27)28/h1-7,11-12,23H,8-10,13H2. The number of H-pyrrole nitrogens is 1. The second kappa shape index (κ2) is 7.75. The van der Waals surface area contributed by atoms with E-state index in [9.17, 15) is 19.3 Å². The van der Waals surface area contributed by atoms with Crippen LogP contribution in [-0.4, -0.2) is 40.4 Å². The van der Waals surface area contributed by atoms with Crippen LogP contribution in [0.15, 0.2) is 54.7 Å². The highest BCUT2D eigenvalue weighted by atomic mass is 19.1. The SMILES string of the molecule is O=C(COc1ccccc1[N+](=O)[O-])N1CC=C(c2c[nH]c3cc(F)ccc23)CC1. The molecule has 1 aliphatic heterocycles. The van der Waals surface area contributed by atoms with Crippen molar-refractivity contribution in [2.24, 2.45) is 0 Å². The fourth-order valence-electron chi connectivity index (χ4n) is 3.47. The van der Waals surface area contributed by atoms with E-state index >= 15 is 0 Å². The molecule has 8 heteroatoms. The largest absolute Gasteiger partial charge is 0.477 e. The van der Waals surface area contributed by atoms with Crippen LogP contribution in [0.1, 0.15) is 12.0 Å². The van der Waals surface area contributed by atoms with E-state index in [1.165, 1.54) is 24.3 Å². The number of aromatic amines is 1. The number of nitro groups is 1. The first-order valence-corrected chi connectivity index (χ1v) is 9.13. The highest BCUT2D eigenvalue weighted by Crippen LogP contribution is 2.30. The number of benzene rings is 2. The molecule has 1 N–H and O–H groups in total. The van der Waals surface area contributed by atoms with Crippen molar-refractivity contribution in [2.75, 3.05) is 19.7 Å². The van der Waals surface area contributed by atoms with Crippen LogP contribution in [0.4, 0.5) is 10.1 Å². The number of carbonyl (C=O) groups is 1. The first kappa shape index (κ1) is 18.7. The van der Waals surface area contributed by atoms with Crippen LogP contribution >= 0.6 is 0 Å². The Kier molecular flexibility index (Phi) is 4.99. The topological polar surface area (TPSA) is 88.5 Å². The van der Waals surface area contributed by atoms with Crippen molar-refractivity contribution in [3.05, 3.63) is 76.2 Å². The summed E-state index contributed by atoms with van der Waals surface area (Å²) in [7, 11) is 0. The molecule has 1 amide bonds. The van der Waals surface area contributed by atoms with Crippen LogP contribution in [0.2, 0.25) is 0 Å². The summed E-state index contributed by atoms with van der Waals surface area (Å²) in [5.74, 6) is -0.455. The Balaban J connectivity index is 1.41. The predicted molar refractivity (Wildman–Crippen MR) is 106 cm³/mol. The zero-order chi connectivity index (χ0) is 20.4. The summed E-state index contributed by atoms with van der Waals surface area (Å²) < 4.78 is 18.8. The van der Waals surface area contributed by atoms with E-state index in [4.69, 9.17) is 4.74 Å². The fourth-order valence-corrected chi connectivity index (χ4v) is 3.47. The summed E-state index contributed by atoms with van der Waals surface area (Å²) in [6.07, 6.45) is 4.48. The number of fused-ring (bicyclic) bond motifs is 1. The van der Waals surface area contributed by atoms with E-state index in [1.54, 1.807) is 23.1 Å². The Bertz CT molecular complexity index is 1120. The van der Waals surface area contributed by atoms with E-state index in [-0.39, 0.29) is 29.8 Å². The molecule has 0 atom stereocenters. The monoisotopic (exact) mass is 395 g/mol. The van der Waals surface area contributed by atoms with Gasteiger partial charge in [0.1, 0.15) is 5.82 Å². The van der Waals surface area contributed by atoms with Gasteiger partial charge in [0.05, 0.1) is 4.92 Å². The summed E-state index contributed by atoms with van der Waals surface area (Å²) in [5, 5.41) is 12.0. The zero-order valence-corrected chi connectivity index (χ0v) is 15.4. The van der Waals surface area contributed by atoms with Gasteiger partial charge in [-0.3, -0.25) is 14.9 Å². The molecule has 2 heterocycles. The van der Waals surface area contributed by atoms with E-state index in [2.05, 4.69) is 4.98 Å². The maximum atomic E-state index is 13.4. The number of hydrogen-bond donors (Lipinski definition) is 1. The van der Waals surface area contributed by atoms with Crippen molar-refractivity contribution < 1.29 is 18.8 Å². The summed E-state index contributed by atoms with van der Waals surface area (Å²) in [5.41, 5.74) is 2.66. The van der Waals surface area contributed by atoms with Crippen molar-refractivity contribution in [1.29, 1.82) is 0 Å². The molecule has 0 spiro atoms. The van der Waals surface area contributed by atoms with Crippen molar-refractivity contribution in [2.45, 2.75) is 6.42 Å². The number of ether oxygens (including phenoxy) is 1. The minimum Gasteiger partial charge on any atom is -0.477 e. The third-order valence-corrected chi connectivity index (χ3v) is 4.96. The van der Waals surface area contributed by atoms with Crippen molar-refractivity contribution in [1.82, 2.24) is 9.88 Å². The first-order chi connectivity index (χ1) is 14.0. The number of rotatable bonds is 5. The van der Waals surface area contributed by atoms with Gasteiger partial charge in [-0.1, -0.05) is 18.2 Å². The van der Waals surface area contributed by atoms with Crippen LogP contribution < -0.4 is 4.74 Å². The second-order valence-electron chi connectivity index (χ2n) is 6.72. The Morgan fingerprint density at radius 2 is 2.10 bits per heavy atom. The van der Waals surface area contributed by atoms with Crippen LogP contribution in [0.25, 0.3) is 16.5 Å². The second-order valence-corrected chi connectivity index (χ2v) is 6.72. The maximum Gasteiger partial charge on any atom is 0.310 e. The molecule has 0 unspecified atom stereocenters. The molecule has 1 aromatic heterocycles.